The van der Waals surface area contributed by atoms with Gasteiger partial charge in [-0.05, 0) is 54.1 Å². The molecule has 1 N–H and O–H groups in total. The molecule has 0 bridgehead atoms. The van der Waals surface area contributed by atoms with E-state index < -0.39 is 0 Å². The molecule has 2 atom stereocenters. The van der Waals surface area contributed by atoms with E-state index in [4.69, 9.17) is 11.6 Å². The second-order valence-electron chi connectivity index (χ2n) is 4.39. The van der Waals surface area contributed by atoms with E-state index in [2.05, 4.69) is 22.1 Å². The number of halogens is 1. The van der Waals surface area contributed by atoms with Crippen LogP contribution in [-0.4, -0.2) is 11.9 Å². The third kappa shape index (κ3) is 3.78. The van der Waals surface area contributed by atoms with Gasteiger partial charge in [-0.3, -0.25) is 0 Å². The van der Waals surface area contributed by atoms with Crippen LogP contribution < -0.4 is 5.32 Å². The Morgan fingerprint density at radius 1 is 1.47 bits per heavy atom. The van der Waals surface area contributed by atoms with Gasteiger partial charge in [0, 0.05) is 11.9 Å². The van der Waals surface area contributed by atoms with Crippen LogP contribution in [0.25, 0.3) is 0 Å². The van der Waals surface area contributed by atoms with Gasteiger partial charge in [-0.2, -0.15) is 11.3 Å². The Hall–Kier alpha value is -0.0500. The van der Waals surface area contributed by atoms with E-state index in [1.54, 1.807) is 11.3 Å². The summed E-state index contributed by atoms with van der Waals surface area (Å²) in [4.78, 5) is 0. The summed E-state index contributed by atoms with van der Waals surface area (Å²) in [6, 6.07) is 2.18. The van der Waals surface area contributed by atoms with Gasteiger partial charge in [-0.1, -0.05) is 6.42 Å². The average Bonchev–Trinajstić information content (AvgIpc) is 2.71. The molecule has 1 fully saturated rings. The SMILES string of the molecule is ClC1CCCC(CNCc2ccsc2)C1. The maximum absolute atomic E-state index is 6.16. The molecule has 2 unspecified atom stereocenters. The van der Waals surface area contributed by atoms with Crippen LogP contribution in [0, 0.1) is 5.92 Å². The fourth-order valence-electron chi connectivity index (χ4n) is 2.22. The first-order valence-corrected chi connectivity index (χ1v) is 7.08. The summed E-state index contributed by atoms with van der Waals surface area (Å²) in [6.07, 6.45) is 5.06. The molecule has 0 radical (unpaired) electrons. The standard InChI is InChI=1S/C12H18ClNS/c13-12-3-1-2-10(6-12)7-14-8-11-4-5-15-9-11/h4-5,9-10,12,14H,1-3,6-8H2. The molecule has 15 heavy (non-hydrogen) atoms. The molecule has 0 amide bonds. The summed E-state index contributed by atoms with van der Waals surface area (Å²) in [5.41, 5.74) is 1.40. The molecule has 0 aromatic carbocycles. The van der Waals surface area contributed by atoms with Gasteiger partial charge in [-0.25, -0.2) is 0 Å². The molecule has 0 aliphatic heterocycles. The van der Waals surface area contributed by atoms with Crippen molar-refractivity contribution in [1.82, 2.24) is 5.32 Å². The van der Waals surface area contributed by atoms with Crippen molar-refractivity contribution in [2.75, 3.05) is 6.54 Å². The van der Waals surface area contributed by atoms with E-state index in [9.17, 15) is 0 Å². The smallest absolute Gasteiger partial charge is 0.0339 e. The Labute approximate surface area is 101 Å². The number of thiophene rings is 1. The second kappa shape index (κ2) is 5.88. The molecule has 84 valence electrons. The minimum Gasteiger partial charge on any atom is -0.312 e. The summed E-state index contributed by atoms with van der Waals surface area (Å²) >= 11 is 7.93. The Morgan fingerprint density at radius 3 is 3.13 bits per heavy atom. The van der Waals surface area contributed by atoms with Crippen LogP contribution in [-0.2, 0) is 6.54 Å². The van der Waals surface area contributed by atoms with Gasteiger partial charge in [0.2, 0.25) is 0 Å². The molecule has 1 aromatic rings. The van der Waals surface area contributed by atoms with E-state index in [0.717, 1.165) is 19.0 Å². The van der Waals surface area contributed by atoms with Crippen LogP contribution >= 0.6 is 22.9 Å². The minimum atomic E-state index is 0.423. The highest BCUT2D eigenvalue weighted by atomic mass is 35.5. The molecule has 0 saturated heterocycles. The van der Waals surface area contributed by atoms with E-state index in [-0.39, 0.29) is 0 Å². The van der Waals surface area contributed by atoms with E-state index in [0.29, 0.717) is 5.38 Å². The zero-order chi connectivity index (χ0) is 10.5. The lowest BCUT2D eigenvalue weighted by Gasteiger charge is -2.25. The maximum atomic E-state index is 6.16. The van der Waals surface area contributed by atoms with Crippen molar-refractivity contribution in [3.05, 3.63) is 22.4 Å². The first-order chi connectivity index (χ1) is 7.34. The number of hydrogen-bond donors (Lipinski definition) is 1. The Kier molecular flexibility index (Phi) is 4.48. The fraction of sp³-hybridized carbons (Fsp3) is 0.667. The van der Waals surface area contributed by atoms with Crippen molar-refractivity contribution in [3.63, 3.8) is 0 Å². The second-order valence-corrected chi connectivity index (χ2v) is 5.79. The third-order valence-electron chi connectivity index (χ3n) is 3.06. The average molecular weight is 244 g/mol. The normalized spacial score (nSPS) is 26.7. The number of rotatable bonds is 4. The van der Waals surface area contributed by atoms with Crippen molar-refractivity contribution < 1.29 is 0 Å². The summed E-state index contributed by atoms with van der Waals surface area (Å²) in [5.74, 6) is 0.792. The highest BCUT2D eigenvalue weighted by molar-refractivity contribution is 7.07. The zero-order valence-electron chi connectivity index (χ0n) is 8.92. The highest BCUT2D eigenvalue weighted by Crippen LogP contribution is 2.27. The largest absolute Gasteiger partial charge is 0.312 e. The number of alkyl halides is 1. The lowest BCUT2D eigenvalue weighted by molar-refractivity contribution is 0.346. The van der Waals surface area contributed by atoms with Gasteiger partial charge < -0.3 is 5.32 Å². The first-order valence-electron chi connectivity index (χ1n) is 5.70. The van der Waals surface area contributed by atoms with Crippen LogP contribution in [0.2, 0.25) is 0 Å². The molecular weight excluding hydrogens is 226 g/mol. The van der Waals surface area contributed by atoms with Crippen LogP contribution in [0.3, 0.4) is 0 Å². The van der Waals surface area contributed by atoms with E-state index in [1.165, 1.54) is 31.2 Å². The van der Waals surface area contributed by atoms with Crippen molar-refractivity contribution in [3.8, 4) is 0 Å². The molecule has 3 heteroatoms. The summed E-state index contributed by atoms with van der Waals surface area (Å²) < 4.78 is 0. The predicted molar refractivity (Wildman–Crippen MR) is 67.6 cm³/mol. The number of hydrogen-bond acceptors (Lipinski definition) is 2. The molecule has 1 aliphatic rings. The molecule has 1 aliphatic carbocycles. The topological polar surface area (TPSA) is 12.0 Å². The molecule has 1 aromatic heterocycles. The predicted octanol–water partition coefficient (Wildman–Crippen LogP) is 3.64. The van der Waals surface area contributed by atoms with Crippen molar-refractivity contribution in [2.45, 2.75) is 37.6 Å². The van der Waals surface area contributed by atoms with Crippen LogP contribution in [0.5, 0.6) is 0 Å². The molecule has 2 rings (SSSR count). The molecule has 1 nitrogen and oxygen atoms in total. The maximum Gasteiger partial charge on any atom is 0.0339 e. The first kappa shape index (κ1) is 11.4. The van der Waals surface area contributed by atoms with E-state index >= 15 is 0 Å². The van der Waals surface area contributed by atoms with Crippen molar-refractivity contribution in [2.24, 2.45) is 5.92 Å². The van der Waals surface area contributed by atoms with Crippen molar-refractivity contribution in [1.29, 1.82) is 0 Å². The van der Waals surface area contributed by atoms with E-state index in [1.807, 2.05) is 0 Å². The zero-order valence-corrected chi connectivity index (χ0v) is 10.5. The number of nitrogens with one attached hydrogen (secondary N) is 1. The van der Waals surface area contributed by atoms with Gasteiger partial charge in [0.05, 0.1) is 0 Å². The monoisotopic (exact) mass is 243 g/mol. The van der Waals surface area contributed by atoms with Crippen LogP contribution in [0.15, 0.2) is 16.8 Å². The Morgan fingerprint density at radius 2 is 2.40 bits per heavy atom. The summed E-state index contributed by atoms with van der Waals surface area (Å²) in [7, 11) is 0. The molecule has 1 heterocycles. The lowest BCUT2D eigenvalue weighted by Crippen LogP contribution is -2.27. The molecular formula is C12H18ClNS. The van der Waals surface area contributed by atoms with Gasteiger partial charge in [0.1, 0.15) is 0 Å². The Bertz CT molecular complexity index is 273. The third-order valence-corrected chi connectivity index (χ3v) is 4.19. The summed E-state index contributed by atoms with van der Waals surface area (Å²) in [6.45, 7) is 2.13. The van der Waals surface area contributed by atoms with Crippen molar-refractivity contribution >= 4 is 22.9 Å². The molecule has 1 saturated carbocycles. The lowest BCUT2D eigenvalue weighted by atomic mass is 9.89. The van der Waals surface area contributed by atoms with Gasteiger partial charge >= 0.3 is 0 Å². The molecule has 0 spiro atoms. The minimum absolute atomic E-state index is 0.423. The quantitative estimate of drug-likeness (QED) is 0.797. The van der Waals surface area contributed by atoms with Gasteiger partial charge in [-0.15, -0.1) is 11.6 Å². The Balaban J connectivity index is 1.65. The van der Waals surface area contributed by atoms with Crippen LogP contribution in [0.1, 0.15) is 31.2 Å². The van der Waals surface area contributed by atoms with Gasteiger partial charge in [0.15, 0.2) is 0 Å². The van der Waals surface area contributed by atoms with Gasteiger partial charge in [0.25, 0.3) is 0 Å². The highest BCUT2D eigenvalue weighted by Gasteiger charge is 2.19. The summed E-state index contributed by atoms with van der Waals surface area (Å²) in [5, 5.41) is 8.29. The van der Waals surface area contributed by atoms with Crippen LogP contribution in [0.4, 0.5) is 0 Å². The fourth-order valence-corrected chi connectivity index (χ4v) is 3.30.